The molecule has 0 saturated carbocycles. The molecule has 124 valence electrons. The lowest BCUT2D eigenvalue weighted by Crippen LogP contribution is -2.36. The third kappa shape index (κ3) is 5.86. The summed E-state index contributed by atoms with van der Waals surface area (Å²) in [7, 11) is 1.69. The summed E-state index contributed by atoms with van der Waals surface area (Å²) < 4.78 is 28.8. The van der Waals surface area contributed by atoms with Gasteiger partial charge in [-0.15, -0.1) is 11.3 Å². The number of hydrogen-bond acceptors (Lipinski definition) is 3. The molecular weight excluding hydrogens is 320 g/mol. The molecule has 4 nitrogen and oxygen atoms in total. The lowest BCUT2D eigenvalue weighted by Gasteiger charge is -2.12. The van der Waals surface area contributed by atoms with E-state index >= 15 is 0 Å². The van der Waals surface area contributed by atoms with Crippen molar-refractivity contribution in [2.75, 3.05) is 7.05 Å². The van der Waals surface area contributed by atoms with Crippen LogP contribution in [0.4, 0.5) is 8.78 Å². The molecule has 1 aromatic heterocycles. The minimum absolute atomic E-state index is 0.149. The van der Waals surface area contributed by atoms with Gasteiger partial charge in [0.2, 0.25) is 0 Å². The van der Waals surface area contributed by atoms with Crippen LogP contribution in [0.2, 0.25) is 0 Å². The maximum atomic E-state index is 12.2. The molecule has 0 atom stereocenters. The van der Waals surface area contributed by atoms with Gasteiger partial charge in [0.25, 0.3) is 0 Å². The van der Waals surface area contributed by atoms with Crippen molar-refractivity contribution in [1.82, 2.24) is 10.6 Å². The first-order valence-corrected chi connectivity index (χ1v) is 7.92. The molecule has 0 aliphatic rings. The van der Waals surface area contributed by atoms with E-state index in [0.29, 0.717) is 19.0 Å². The van der Waals surface area contributed by atoms with Crippen LogP contribution in [0.25, 0.3) is 0 Å². The molecule has 0 amide bonds. The first kappa shape index (κ1) is 17.2. The molecule has 0 aliphatic heterocycles. The van der Waals surface area contributed by atoms with Gasteiger partial charge in [0.05, 0.1) is 6.54 Å². The number of aliphatic imine (C=N–C) groups is 1. The van der Waals surface area contributed by atoms with E-state index < -0.39 is 6.61 Å². The molecule has 0 fully saturated rings. The fourth-order valence-corrected chi connectivity index (χ4v) is 2.82. The highest BCUT2D eigenvalue weighted by Gasteiger charge is 2.05. The summed E-state index contributed by atoms with van der Waals surface area (Å²) >= 11 is 1.73. The number of benzene rings is 1. The average molecular weight is 339 g/mol. The largest absolute Gasteiger partial charge is 0.435 e. The maximum Gasteiger partial charge on any atom is 0.387 e. The molecule has 2 aromatic rings. The Morgan fingerprint density at radius 3 is 2.65 bits per heavy atom. The summed E-state index contributed by atoms with van der Waals surface area (Å²) in [6, 6.07) is 10.7. The lowest BCUT2D eigenvalue weighted by molar-refractivity contribution is -0.0498. The van der Waals surface area contributed by atoms with Crippen LogP contribution in [0.5, 0.6) is 5.75 Å². The zero-order chi connectivity index (χ0) is 16.7. The summed E-state index contributed by atoms with van der Waals surface area (Å²) in [5.74, 6) is 0.799. The summed E-state index contributed by atoms with van der Waals surface area (Å²) in [6.45, 7) is 0.397. The van der Waals surface area contributed by atoms with Crippen molar-refractivity contribution >= 4 is 17.3 Å². The van der Waals surface area contributed by atoms with Crippen molar-refractivity contribution in [3.05, 3.63) is 51.7 Å². The van der Waals surface area contributed by atoms with Crippen molar-refractivity contribution < 1.29 is 13.5 Å². The third-order valence-corrected chi connectivity index (χ3v) is 4.03. The van der Waals surface area contributed by atoms with Crippen LogP contribution in [0.15, 0.2) is 41.4 Å². The van der Waals surface area contributed by atoms with Gasteiger partial charge in [0.1, 0.15) is 5.75 Å². The Balaban J connectivity index is 1.85. The van der Waals surface area contributed by atoms with Gasteiger partial charge in [-0.1, -0.05) is 12.1 Å². The van der Waals surface area contributed by atoms with Crippen LogP contribution in [0.1, 0.15) is 15.3 Å². The number of thiophene rings is 1. The van der Waals surface area contributed by atoms with Crippen molar-refractivity contribution in [2.45, 2.75) is 26.6 Å². The van der Waals surface area contributed by atoms with E-state index in [9.17, 15) is 8.78 Å². The van der Waals surface area contributed by atoms with Crippen LogP contribution >= 0.6 is 11.3 Å². The minimum Gasteiger partial charge on any atom is -0.435 e. The van der Waals surface area contributed by atoms with Crippen LogP contribution in [0, 0.1) is 6.92 Å². The zero-order valence-corrected chi connectivity index (χ0v) is 13.8. The average Bonchev–Trinajstić information content (AvgIpc) is 2.93. The van der Waals surface area contributed by atoms with Crippen molar-refractivity contribution in [3.63, 3.8) is 0 Å². The molecule has 23 heavy (non-hydrogen) atoms. The second-order valence-corrected chi connectivity index (χ2v) is 6.19. The number of ether oxygens (including phenoxy) is 1. The Morgan fingerprint density at radius 2 is 2.00 bits per heavy atom. The van der Waals surface area contributed by atoms with Crippen molar-refractivity contribution in [1.29, 1.82) is 0 Å². The number of nitrogens with one attached hydrogen (secondary N) is 2. The van der Waals surface area contributed by atoms with E-state index in [2.05, 4.69) is 39.4 Å². The monoisotopic (exact) mass is 339 g/mol. The van der Waals surface area contributed by atoms with Crippen LogP contribution < -0.4 is 15.4 Å². The molecule has 2 rings (SSSR count). The molecule has 1 heterocycles. The van der Waals surface area contributed by atoms with Gasteiger partial charge in [-0.3, -0.25) is 4.99 Å². The Kier molecular flexibility index (Phi) is 6.34. The number of alkyl halides is 2. The predicted molar refractivity (Wildman–Crippen MR) is 89.2 cm³/mol. The molecule has 0 bridgehead atoms. The predicted octanol–water partition coefficient (Wildman–Crippen LogP) is 3.52. The lowest BCUT2D eigenvalue weighted by atomic mass is 10.2. The molecule has 0 unspecified atom stereocenters. The van der Waals surface area contributed by atoms with Gasteiger partial charge in [-0.05, 0) is 36.8 Å². The molecule has 0 aliphatic carbocycles. The zero-order valence-electron chi connectivity index (χ0n) is 13.0. The normalized spacial score (nSPS) is 11.6. The van der Waals surface area contributed by atoms with E-state index in [4.69, 9.17) is 0 Å². The number of nitrogens with zero attached hydrogens (tertiary/aromatic N) is 1. The summed E-state index contributed by atoms with van der Waals surface area (Å²) in [5, 5.41) is 6.36. The number of guanidine groups is 1. The second-order valence-electron chi connectivity index (χ2n) is 4.82. The van der Waals surface area contributed by atoms with E-state index in [0.717, 1.165) is 5.56 Å². The minimum atomic E-state index is -2.82. The highest BCUT2D eigenvalue weighted by atomic mass is 32.1. The highest BCUT2D eigenvalue weighted by molar-refractivity contribution is 7.11. The van der Waals surface area contributed by atoms with Crippen LogP contribution in [-0.4, -0.2) is 19.6 Å². The van der Waals surface area contributed by atoms with E-state index in [1.54, 1.807) is 30.5 Å². The quantitative estimate of drug-likeness (QED) is 0.625. The van der Waals surface area contributed by atoms with Gasteiger partial charge in [0, 0.05) is 23.3 Å². The first-order valence-electron chi connectivity index (χ1n) is 7.10. The van der Waals surface area contributed by atoms with Gasteiger partial charge in [0.15, 0.2) is 5.96 Å². The highest BCUT2D eigenvalue weighted by Crippen LogP contribution is 2.16. The number of hydrogen-bond donors (Lipinski definition) is 2. The van der Waals surface area contributed by atoms with Gasteiger partial charge in [-0.25, -0.2) is 0 Å². The van der Waals surface area contributed by atoms with Crippen LogP contribution in [0.3, 0.4) is 0 Å². The summed E-state index contributed by atoms with van der Waals surface area (Å²) in [5.41, 5.74) is 0.832. The summed E-state index contributed by atoms with van der Waals surface area (Å²) in [6.07, 6.45) is 0. The van der Waals surface area contributed by atoms with Gasteiger partial charge >= 0.3 is 6.61 Å². The first-order chi connectivity index (χ1) is 11.1. The standard InChI is InChI=1S/C16H19F2N3OS/c1-11-6-7-14(23-11)10-21-16(19-2)20-9-12-4-3-5-13(8-12)22-15(17)18/h3-8,15H,9-10H2,1-2H3,(H2,19,20,21). The van der Waals surface area contributed by atoms with Gasteiger partial charge < -0.3 is 15.4 Å². The van der Waals surface area contributed by atoms with E-state index in [1.807, 2.05) is 6.07 Å². The molecule has 2 N–H and O–H groups in total. The Bertz CT molecular complexity index is 658. The van der Waals surface area contributed by atoms with Crippen molar-refractivity contribution in [3.8, 4) is 5.75 Å². The number of halogens is 2. The van der Waals surface area contributed by atoms with Crippen molar-refractivity contribution in [2.24, 2.45) is 4.99 Å². The SMILES string of the molecule is CN=C(NCc1cccc(OC(F)F)c1)NCc1ccc(C)s1. The molecule has 7 heteroatoms. The topological polar surface area (TPSA) is 45.7 Å². The molecular formula is C16H19F2N3OS. The second kappa shape index (κ2) is 8.47. The van der Waals surface area contributed by atoms with Gasteiger partial charge in [-0.2, -0.15) is 8.78 Å². The molecule has 0 saturated heterocycles. The fourth-order valence-electron chi connectivity index (χ4n) is 1.99. The molecule has 1 aromatic carbocycles. The smallest absolute Gasteiger partial charge is 0.387 e. The van der Waals surface area contributed by atoms with Crippen LogP contribution in [-0.2, 0) is 13.1 Å². The number of rotatable bonds is 6. The third-order valence-electron chi connectivity index (χ3n) is 3.03. The maximum absolute atomic E-state index is 12.2. The Hall–Kier alpha value is -2.15. The summed E-state index contributed by atoms with van der Waals surface area (Å²) in [4.78, 5) is 6.63. The molecule has 0 spiro atoms. The van der Waals surface area contributed by atoms with E-state index in [-0.39, 0.29) is 5.75 Å². The Morgan fingerprint density at radius 1 is 1.22 bits per heavy atom. The molecule has 0 radical (unpaired) electrons. The Labute approximate surface area is 138 Å². The fraction of sp³-hybridized carbons (Fsp3) is 0.312. The number of aryl methyl sites for hydroxylation is 1. The van der Waals surface area contributed by atoms with E-state index in [1.165, 1.54) is 15.8 Å².